The number of esters is 1. The van der Waals surface area contributed by atoms with Crippen molar-refractivity contribution in [2.24, 2.45) is 17.8 Å². The summed E-state index contributed by atoms with van der Waals surface area (Å²) >= 11 is 0. The molecule has 4 saturated heterocycles. The molecular formula is C40H67O22+. The molecule has 358 valence electrons. The first-order valence-corrected chi connectivity index (χ1v) is 22.1. The number of rotatable bonds is 12. The molecule has 7 fully saturated rings. The third kappa shape index (κ3) is 10.6. The van der Waals surface area contributed by atoms with Gasteiger partial charge in [0, 0.05) is 18.8 Å². The van der Waals surface area contributed by atoms with E-state index >= 15 is 0 Å². The minimum Gasteiger partial charge on any atom is -0.463 e. The summed E-state index contributed by atoms with van der Waals surface area (Å²) in [5.41, 5.74) is 0. The van der Waals surface area contributed by atoms with Crippen LogP contribution in [-0.4, -0.2) is 232 Å². The van der Waals surface area contributed by atoms with E-state index in [1.165, 1.54) is 0 Å². The fourth-order valence-corrected chi connectivity index (χ4v) is 10.4. The van der Waals surface area contributed by atoms with Gasteiger partial charge in [-0.2, -0.15) is 0 Å². The topological polar surface area (TPSA) is 357 Å². The Bertz CT molecular complexity index is 1410. The van der Waals surface area contributed by atoms with E-state index in [1.807, 2.05) is 0 Å². The molecule has 62 heavy (non-hydrogen) atoms. The molecule has 0 bridgehead atoms. The summed E-state index contributed by atoms with van der Waals surface area (Å²) in [6.07, 6.45) is -22.4. The molecule has 0 amide bonds. The summed E-state index contributed by atoms with van der Waals surface area (Å²) in [4.78, 5) is 13.1. The van der Waals surface area contributed by atoms with Crippen molar-refractivity contribution < 1.29 is 109 Å². The molecule has 22 nitrogen and oxygen atoms in total. The molecule has 7 aliphatic rings. The SMILES string of the molecule is O=C(OCC1OC(OC2CC(O)C3CC(OC4OC(CO)C(O)C(O)C4O)C(C4CCC(O)CC4)[OH+]C3C2)C(O)C(O)C1O)C1CCC(OC2OC(CO)C(O)C(O)C2O)CC1. The van der Waals surface area contributed by atoms with Gasteiger partial charge >= 0.3 is 5.97 Å². The molecule has 0 aromatic carbocycles. The lowest BCUT2D eigenvalue weighted by Crippen LogP contribution is -2.63. The highest BCUT2D eigenvalue weighted by molar-refractivity contribution is 5.72. The number of carbonyl (C=O) groups excluding carboxylic acids is 1. The maximum Gasteiger partial charge on any atom is 0.309 e. The molecule has 14 N–H and O–H groups in total. The Balaban J connectivity index is 0.924. The highest BCUT2D eigenvalue weighted by Crippen LogP contribution is 2.43. The summed E-state index contributed by atoms with van der Waals surface area (Å²) in [5.74, 6) is -1.65. The summed E-state index contributed by atoms with van der Waals surface area (Å²) in [6, 6.07) is 0. The van der Waals surface area contributed by atoms with E-state index in [0.29, 0.717) is 51.4 Å². The van der Waals surface area contributed by atoms with Crippen molar-refractivity contribution >= 4 is 5.97 Å². The molecule has 21 unspecified atom stereocenters. The van der Waals surface area contributed by atoms with Crippen LogP contribution in [0, 0.1) is 17.8 Å². The predicted octanol–water partition coefficient (Wildman–Crippen LogP) is -5.73. The third-order valence-corrected chi connectivity index (χ3v) is 14.2. The zero-order valence-electron chi connectivity index (χ0n) is 34.4. The van der Waals surface area contributed by atoms with Crippen molar-refractivity contribution in [3.8, 4) is 0 Å². The number of hydrogen-bond acceptors (Lipinski definition) is 21. The first-order valence-electron chi connectivity index (χ1n) is 22.1. The summed E-state index contributed by atoms with van der Waals surface area (Å²) in [7, 11) is 0. The van der Waals surface area contributed by atoms with Crippen LogP contribution in [0.15, 0.2) is 0 Å². The van der Waals surface area contributed by atoms with Crippen LogP contribution in [-0.2, 0) is 38.0 Å². The van der Waals surface area contributed by atoms with Gasteiger partial charge in [-0.15, -0.1) is 0 Å². The summed E-state index contributed by atoms with van der Waals surface area (Å²) in [5, 5.41) is 135. The van der Waals surface area contributed by atoms with Crippen molar-refractivity contribution in [1.29, 1.82) is 0 Å². The van der Waals surface area contributed by atoms with E-state index in [9.17, 15) is 71.2 Å². The van der Waals surface area contributed by atoms with Gasteiger partial charge in [-0.3, -0.25) is 4.79 Å². The fourth-order valence-electron chi connectivity index (χ4n) is 10.4. The Kier molecular flexibility index (Phi) is 16.5. The van der Waals surface area contributed by atoms with Crippen molar-refractivity contribution in [1.82, 2.24) is 0 Å². The third-order valence-electron chi connectivity index (χ3n) is 14.2. The number of aliphatic hydroxyl groups excluding tert-OH is 13. The summed E-state index contributed by atoms with van der Waals surface area (Å²) < 4.78 is 45.9. The number of fused-ring (bicyclic) bond motifs is 1. The largest absolute Gasteiger partial charge is 0.463 e. The predicted molar refractivity (Wildman–Crippen MR) is 203 cm³/mol. The van der Waals surface area contributed by atoms with Crippen LogP contribution in [0.4, 0.5) is 0 Å². The zero-order valence-corrected chi connectivity index (χ0v) is 34.4. The second-order valence-corrected chi connectivity index (χ2v) is 18.3. The van der Waals surface area contributed by atoms with Crippen LogP contribution in [0.25, 0.3) is 0 Å². The number of carbonyl (C=O) groups is 1. The first kappa shape index (κ1) is 48.6. The van der Waals surface area contributed by atoms with Gasteiger partial charge in [-0.1, -0.05) is 0 Å². The second-order valence-electron chi connectivity index (χ2n) is 18.3. The van der Waals surface area contributed by atoms with Crippen LogP contribution in [0.2, 0.25) is 0 Å². The zero-order chi connectivity index (χ0) is 44.6. The minimum atomic E-state index is -1.74. The van der Waals surface area contributed by atoms with Crippen LogP contribution in [0.1, 0.15) is 70.6 Å². The van der Waals surface area contributed by atoms with Gasteiger partial charge in [-0.25, -0.2) is 0 Å². The maximum atomic E-state index is 13.1. The van der Waals surface area contributed by atoms with Gasteiger partial charge in [0.15, 0.2) is 31.1 Å². The monoisotopic (exact) mass is 899 g/mol. The highest BCUT2D eigenvalue weighted by Gasteiger charge is 2.56. The van der Waals surface area contributed by atoms with Gasteiger partial charge in [0.1, 0.15) is 86.0 Å². The Morgan fingerprint density at radius 3 is 1.58 bits per heavy atom. The number of hydrogen-bond donors (Lipinski definition) is 13. The molecule has 0 aromatic rings. The van der Waals surface area contributed by atoms with Crippen LogP contribution >= 0.6 is 0 Å². The molecule has 3 saturated carbocycles. The Morgan fingerprint density at radius 2 is 1.03 bits per heavy atom. The summed E-state index contributed by atoms with van der Waals surface area (Å²) in [6.45, 7) is -1.71. The molecule has 0 aromatic heterocycles. The van der Waals surface area contributed by atoms with Crippen LogP contribution in [0.5, 0.6) is 0 Å². The molecule has 3 aliphatic carbocycles. The van der Waals surface area contributed by atoms with E-state index < -0.39 is 172 Å². The molecule has 0 spiro atoms. The van der Waals surface area contributed by atoms with Crippen molar-refractivity contribution in [3.63, 3.8) is 0 Å². The number of ether oxygens (including phenoxy) is 8. The van der Waals surface area contributed by atoms with Gasteiger partial charge in [0.2, 0.25) is 0 Å². The van der Waals surface area contributed by atoms with Crippen molar-refractivity contribution in [3.05, 3.63) is 0 Å². The minimum absolute atomic E-state index is 0.0452. The lowest BCUT2D eigenvalue weighted by molar-refractivity contribution is -0.361. The van der Waals surface area contributed by atoms with E-state index in [0.717, 1.165) is 0 Å². The second kappa shape index (κ2) is 21.1. The Labute approximate surface area is 357 Å². The normalized spacial score (nSPS) is 51.6. The van der Waals surface area contributed by atoms with E-state index in [2.05, 4.69) is 0 Å². The average Bonchev–Trinajstić information content (AvgIpc) is 3.26. The van der Waals surface area contributed by atoms with Gasteiger partial charge in [-0.05, 0) is 57.8 Å². The van der Waals surface area contributed by atoms with Crippen molar-refractivity contribution in [2.45, 2.75) is 205 Å². The van der Waals surface area contributed by atoms with Crippen LogP contribution < -0.4 is 0 Å². The maximum absolute atomic E-state index is 13.1. The van der Waals surface area contributed by atoms with E-state index in [1.54, 1.807) is 0 Å². The quantitative estimate of drug-likeness (QED) is 0.0641. The van der Waals surface area contributed by atoms with E-state index in [-0.39, 0.29) is 25.2 Å². The molecule has 7 rings (SSSR count). The van der Waals surface area contributed by atoms with Gasteiger partial charge in [0.25, 0.3) is 0 Å². The smallest absolute Gasteiger partial charge is 0.309 e. The van der Waals surface area contributed by atoms with Crippen molar-refractivity contribution in [2.75, 3.05) is 19.8 Å². The lowest BCUT2D eigenvalue weighted by Gasteiger charge is -2.49. The molecule has 4 heterocycles. The van der Waals surface area contributed by atoms with Gasteiger partial charge < -0.3 is 104 Å². The lowest BCUT2D eigenvalue weighted by atomic mass is 9.73. The average molecular weight is 900 g/mol. The fraction of sp³-hybridized carbons (Fsp3) is 0.975. The van der Waals surface area contributed by atoms with Gasteiger partial charge in [0.05, 0.1) is 49.5 Å². The Morgan fingerprint density at radius 1 is 0.532 bits per heavy atom. The molecule has 4 aliphatic heterocycles. The highest BCUT2D eigenvalue weighted by atomic mass is 16.7. The standard InChI is InChI=1S/C40H66O22/c41-12-24-27(45)30(48)33(51)38(60-24)56-18-7-3-16(4-8-18)37(54)55-14-26-29(47)32(50)34(52)39(62-26)57-19-9-21(44)20-11-23(59-40-35(53)31(49)28(46)25(13-42)61-40)36(58-22(20)10-19)15-1-5-17(43)6-2-15/h15-36,38-53H,1-14H2/p+1. The van der Waals surface area contributed by atoms with Crippen LogP contribution in [0.3, 0.4) is 0 Å². The Hall–Kier alpha value is -1.33. The molecule has 22 heteroatoms. The molecular weight excluding hydrogens is 832 g/mol. The molecule has 0 radical (unpaired) electrons. The number of aliphatic hydroxyl groups is 15. The van der Waals surface area contributed by atoms with E-state index in [4.69, 9.17) is 37.9 Å². The first-order chi connectivity index (χ1) is 29.6. The molecule has 21 atom stereocenters.